The molecule has 0 fully saturated rings. The molecule has 1 aromatic carbocycles. The van der Waals surface area contributed by atoms with E-state index in [0.717, 1.165) is 28.7 Å². The van der Waals surface area contributed by atoms with Crippen LogP contribution in [0.4, 0.5) is 0 Å². The molecule has 0 radical (unpaired) electrons. The third-order valence-electron chi connectivity index (χ3n) is 3.21. The Morgan fingerprint density at radius 3 is 2.75 bits per heavy atom. The predicted molar refractivity (Wildman–Crippen MR) is 73.7 cm³/mol. The second-order valence-corrected chi connectivity index (χ2v) is 6.57. The number of aromatic nitrogens is 1. The van der Waals surface area contributed by atoms with E-state index >= 15 is 0 Å². The van der Waals surface area contributed by atoms with Gasteiger partial charge in [0.05, 0.1) is 13.3 Å². The highest BCUT2D eigenvalue weighted by Gasteiger charge is 2.21. The zero-order chi connectivity index (χ0) is 14.3. The van der Waals surface area contributed by atoms with E-state index in [0.29, 0.717) is 12.4 Å². The van der Waals surface area contributed by atoms with E-state index in [4.69, 9.17) is 9.47 Å². The van der Waals surface area contributed by atoms with Gasteiger partial charge in [-0.15, -0.1) is 0 Å². The number of hydrogen-bond donors (Lipinski definition) is 0. The van der Waals surface area contributed by atoms with Crippen LogP contribution in [-0.4, -0.2) is 26.8 Å². The molecule has 0 N–H and O–H groups in total. The molecule has 0 saturated carbocycles. The largest absolute Gasteiger partial charge is 0.497 e. The van der Waals surface area contributed by atoms with E-state index in [9.17, 15) is 8.42 Å². The first kappa shape index (κ1) is 12.9. The van der Waals surface area contributed by atoms with Crippen LogP contribution in [0.5, 0.6) is 11.5 Å². The molecule has 0 bridgehead atoms. The molecule has 1 aliphatic rings. The predicted octanol–water partition coefficient (Wildman–Crippen LogP) is 2.05. The van der Waals surface area contributed by atoms with Gasteiger partial charge in [0.25, 0.3) is 0 Å². The maximum absolute atomic E-state index is 11.6. The zero-order valence-corrected chi connectivity index (χ0v) is 11.9. The molecule has 1 aromatic heterocycles. The molecule has 0 amide bonds. The van der Waals surface area contributed by atoms with E-state index in [2.05, 4.69) is 4.98 Å². The van der Waals surface area contributed by atoms with Gasteiger partial charge in [-0.3, -0.25) is 0 Å². The Labute approximate surface area is 117 Å². The second-order valence-electron chi connectivity index (χ2n) is 4.60. The topological polar surface area (TPSA) is 65.5 Å². The third kappa shape index (κ3) is 2.12. The van der Waals surface area contributed by atoms with Gasteiger partial charge in [-0.25, -0.2) is 13.4 Å². The van der Waals surface area contributed by atoms with Crippen LogP contribution in [0.2, 0.25) is 0 Å². The lowest BCUT2D eigenvalue weighted by atomic mass is 9.98. The van der Waals surface area contributed by atoms with Gasteiger partial charge in [0.2, 0.25) is 0 Å². The van der Waals surface area contributed by atoms with Crippen LogP contribution in [-0.2, 0) is 16.4 Å². The van der Waals surface area contributed by atoms with E-state index in [1.807, 2.05) is 18.2 Å². The van der Waals surface area contributed by atoms with Gasteiger partial charge in [0.15, 0.2) is 14.9 Å². The normalized spacial score (nSPS) is 13.1. The monoisotopic (exact) mass is 291 g/mol. The molecule has 0 aliphatic carbocycles. The van der Waals surface area contributed by atoms with Crippen molar-refractivity contribution in [3.05, 3.63) is 36.0 Å². The fourth-order valence-corrected chi connectivity index (χ4v) is 2.76. The number of hydrogen-bond acceptors (Lipinski definition) is 5. The standard InChI is InChI=1S/C14H13NO4S/c1-18-10-3-4-11-9(5-10)8-19-13-7-15-14(6-12(11)13)20(2,16)17/h3-7H,8H2,1-2H3. The van der Waals surface area contributed by atoms with Crippen LogP contribution >= 0.6 is 0 Å². The first-order valence-corrected chi connectivity index (χ1v) is 7.88. The quantitative estimate of drug-likeness (QED) is 0.847. The van der Waals surface area contributed by atoms with Crippen molar-refractivity contribution in [1.29, 1.82) is 0 Å². The maximum atomic E-state index is 11.6. The summed E-state index contributed by atoms with van der Waals surface area (Å²) in [5, 5.41) is 0.0449. The summed E-state index contributed by atoms with van der Waals surface area (Å²) in [4.78, 5) is 3.93. The first-order chi connectivity index (χ1) is 9.49. The highest BCUT2D eigenvalue weighted by Crippen LogP contribution is 2.39. The molecule has 2 heterocycles. The van der Waals surface area contributed by atoms with Gasteiger partial charge >= 0.3 is 0 Å². The van der Waals surface area contributed by atoms with E-state index < -0.39 is 9.84 Å². The summed E-state index contributed by atoms with van der Waals surface area (Å²) in [7, 11) is -1.74. The highest BCUT2D eigenvalue weighted by molar-refractivity contribution is 7.90. The van der Waals surface area contributed by atoms with Gasteiger partial charge in [0.1, 0.15) is 18.1 Å². The molecular weight excluding hydrogens is 278 g/mol. The van der Waals surface area contributed by atoms with Crippen molar-refractivity contribution in [2.45, 2.75) is 11.6 Å². The third-order valence-corrected chi connectivity index (χ3v) is 4.19. The smallest absolute Gasteiger partial charge is 0.192 e. The molecule has 6 heteroatoms. The Morgan fingerprint density at radius 1 is 1.25 bits per heavy atom. The molecule has 3 rings (SSSR count). The highest BCUT2D eigenvalue weighted by atomic mass is 32.2. The summed E-state index contributed by atoms with van der Waals surface area (Å²) in [5.74, 6) is 1.34. The molecule has 5 nitrogen and oxygen atoms in total. The van der Waals surface area contributed by atoms with Gasteiger partial charge in [0, 0.05) is 17.4 Å². The van der Waals surface area contributed by atoms with Gasteiger partial charge in [-0.1, -0.05) is 6.07 Å². The lowest BCUT2D eigenvalue weighted by Gasteiger charge is -2.21. The molecule has 2 aromatic rings. The SMILES string of the molecule is COc1ccc2c(c1)COc1cnc(S(C)(=O)=O)cc1-2. The fraction of sp³-hybridized carbons (Fsp3) is 0.214. The van der Waals surface area contributed by atoms with Crippen molar-refractivity contribution in [1.82, 2.24) is 4.98 Å². The molecular formula is C14H13NO4S. The van der Waals surface area contributed by atoms with Crippen molar-refractivity contribution in [3.8, 4) is 22.6 Å². The number of rotatable bonds is 2. The number of methoxy groups -OCH3 is 1. The number of nitrogens with zero attached hydrogens (tertiary/aromatic N) is 1. The van der Waals surface area contributed by atoms with E-state index in [1.165, 1.54) is 6.20 Å². The number of benzene rings is 1. The van der Waals surface area contributed by atoms with Gasteiger partial charge in [-0.2, -0.15) is 0 Å². The zero-order valence-electron chi connectivity index (χ0n) is 11.1. The van der Waals surface area contributed by atoms with Gasteiger partial charge in [-0.05, 0) is 23.8 Å². The molecule has 20 heavy (non-hydrogen) atoms. The average molecular weight is 291 g/mol. The van der Waals surface area contributed by atoms with Crippen LogP contribution < -0.4 is 9.47 Å². The number of ether oxygens (including phenoxy) is 2. The van der Waals surface area contributed by atoms with Crippen LogP contribution in [0.3, 0.4) is 0 Å². The van der Waals surface area contributed by atoms with Crippen molar-refractivity contribution < 1.29 is 17.9 Å². The number of fused-ring (bicyclic) bond motifs is 3. The fourth-order valence-electron chi connectivity index (χ4n) is 2.19. The Balaban J connectivity index is 2.19. The van der Waals surface area contributed by atoms with Crippen LogP contribution in [0.1, 0.15) is 5.56 Å². The molecule has 0 saturated heterocycles. The molecule has 0 spiro atoms. The Morgan fingerprint density at radius 2 is 2.05 bits per heavy atom. The minimum Gasteiger partial charge on any atom is -0.497 e. The minimum atomic E-state index is -3.34. The average Bonchev–Trinajstić information content (AvgIpc) is 2.44. The second kappa shape index (κ2) is 4.49. The minimum absolute atomic E-state index is 0.0449. The van der Waals surface area contributed by atoms with Crippen LogP contribution in [0.25, 0.3) is 11.1 Å². The summed E-state index contributed by atoms with van der Waals surface area (Å²) in [5.41, 5.74) is 2.64. The van der Waals surface area contributed by atoms with Crippen molar-refractivity contribution in [3.63, 3.8) is 0 Å². The Bertz CT molecular complexity index is 784. The van der Waals surface area contributed by atoms with Crippen LogP contribution in [0.15, 0.2) is 35.5 Å². The lowest BCUT2D eigenvalue weighted by molar-refractivity contribution is 0.299. The summed E-state index contributed by atoms with van der Waals surface area (Å²) >= 11 is 0. The Hall–Kier alpha value is -2.08. The maximum Gasteiger partial charge on any atom is 0.192 e. The Kier molecular flexibility index (Phi) is 2.90. The lowest BCUT2D eigenvalue weighted by Crippen LogP contribution is -2.08. The summed E-state index contributed by atoms with van der Waals surface area (Å²) in [6, 6.07) is 7.18. The summed E-state index contributed by atoms with van der Waals surface area (Å²) < 4.78 is 34.0. The van der Waals surface area contributed by atoms with E-state index in [1.54, 1.807) is 13.2 Å². The van der Waals surface area contributed by atoms with Crippen molar-refractivity contribution in [2.24, 2.45) is 0 Å². The molecule has 1 aliphatic heterocycles. The first-order valence-electron chi connectivity index (χ1n) is 5.99. The van der Waals surface area contributed by atoms with Crippen LogP contribution in [0, 0.1) is 0 Å². The van der Waals surface area contributed by atoms with Crippen molar-refractivity contribution >= 4 is 9.84 Å². The van der Waals surface area contributed by atoms with E-state index in [-0.39, 0.29) is 5.03 Å². The van der Waals surface area contributed by atoms with Gasteiger partial charge < -0.3 is 9.47 Å². The number of pyridine rings is 1. The van der Waals surface area contributed by atoms with Crippen molar-refractivity contribution in [2.75, 3.05) is 13.4 Å². The molecule has 0 atom stereocenters. The molecule has 0 unspecified atom stereocenters. The molecule has 104 valence electrons. The summed E-state index contributed by atoms with van der Waals surface area (Å²) in [6.45, 7) is 0.416. The summed E-state index contributed by atoms with van der Waals surface area (Å²) in [6.07, 6.45) is 2.60. The number of sulfone groups is 1.